The van der Waals surface area contributed by atoms with E-state index in [0.29, 0.717) is 5.75 Å². The van der Waals surface area contributed by atoms with E-state index in [2.05, 4.69) is 6.92 Å². The monoisotopic (exact) mass is 292 g/mol. The number of methoxy groups -OCH3 is 1. The van der Waals surface area contributed by atoms with E-state index >= 15 is 0 Å². The van der Waals surface area contributed by atoms with Crippen LogP contribution in [0.3, 0.4) is 0 Å². The SMILES string of the molecule is CCC1(OC)CCc2c(C)c(OC(C)=O)c(C)c(C)c2O1. The van der Waals surface area contributed by atoms with Crippen LogP contribution in [0, 0.1) is 20.8 Å². The van der Waals surface area contributed by atoms with E-state index in [1.54, 1.807) is 7.11 Å². The molecule has 1 aliphatic heterocycles. The smallest absolute Gasteiger partial charge is 0.308 e. The van der Waals surface area contributed by atoms with Gasteiger partial charge in [-0.1, -0.05) is 6.92 Å². The van der Waals surface area contributed by atoms with Crippen LogP contribution >= 0.6 is 0 Å². The zero-order chi connectivity index (χ0) is 15.8. The van der Waals surface area contributed by atoms with Crippen LogP contribution in [0.1, 0.15) is 48.9 Å². The third-order valence-corrected chi connectivity index (χ3v) is 4.51. The average molecular weight is 292 g/mol. The first-order valence-electron chi connectivity index (χ1n) is 7.40. The van der Waals surface area contributed by atoms with Crippen LogP contribution < -0.4 is 9.47 Å². The highest BCUT2D eigenvalue weighted by Gasteiger charge is 2.37. The third-order valence-electron chi connectivity index (χ3n) is 4.51. The molecule has 1 atom stereocenters. The van der Waals surface area contributed by atoms with Crippen LogP contribution in [-0.4, -0.2) is 18.9 Å². The molecule has 0 fully saturated rings. The molecule has 0 saturated carbocycles. The fraction of sp³-hybridized carbons (Fsp3) is 0.588. The van der Waals surface area contributed by atoms with Crippen molar-refractivity contribution < 1.29 is 19.0 Å². The lowest BCUT2D eigenvalue weighted by Crippen LogP contribution is -2.41. The highest BCUT2D eigenvalue weighted by Crippen LogP contribution is 2.44. The van der Waals surface area contributed by atoms with Crippen molar-refractivity contribution in [3.8, 4) is 11.5 Å². The van der Waals surface area contributed by atoms with E-state index in [-0.39, 0.29) is 5.97 Å². The summed E-state index contributed by atoms with van der Waals surface area (Å²) >= 11 is 0. The van der Waals surface area contributed by atoms with Crippen molar-refractivity contribution in [3.05, 3.63) is 22.3 Å². The zero-order valence-electron chi connectivity index (χ0n) is 13.8. The summed E-state index contributed by atoms with van der Waals surface area (Å²) in [5.74, 6) is 0.719. The van der Waals surface area contributed by atoms with Gasteiger partial charge in [0.25, 0.3) is 0 Å². The molecular weight excluding hydrogens is 268 g/mol. The standard InChI is InChI=1S/C17H24O4/c1-7-17(19-6)9-8-14-12(4)15(20-13(5)18)10(2)11(3)16(14)21-17/h7-9H2,1-6H3. The number of carbonyl (C=O) groups excluding carboxylic acids is 1. The normalized spacial score (nSPS) is 20.7. The molecule has 0 amide bonds. The Hall–Kier alpha value is -1.55. The van der Waals surface area contributed by atoms with Gasteiger partial charge in [0.15, 0.2) is 0 Å². The van der Waals surface area contributed by atoms with Crippen LogP contribution in [0.15, 0.2) is 0 Å². The maximum atomic E-state index is 11.3. The van der Waals surface area contributed by atoms with E-state index in [0.717, 1.165) is 47.3 Å². The number of hydrogen-bond acceptors (Lipinski definition) is 4. The lowest BCUT2D eigenvalue weighted by Gasteiger charge is -2.38. The van der Waals surface area contributed by atoms with E-state index < -0.39 is 5.79 Å². The summed E-state index contributed by atoms with van der Waals surface area (Å²) in [7, 11) is 1.69. The Bertz CT molecular complexity index is 571. The van der Waals surface area contributed by atoms with Crippen LogP contribution in [-0.2, 0) is 16.0 Å². The average Bonchev–Trinajstić information content (AvgIpc) is 2.48. The number of hydrogen-bond donors (Lipinski definition) is 0. The Labute approximate surface area is 126 Å². The van der Waals surface area contributed by atoms with E-state index in [4.69, 9.17) is 14.2 Å². The second-order valence-electron chi connectivity index (χ2n) is 5.68. The number of fused-ring (bicyclic) bond motifs is 1. The molecule has 1 unspecified atom stereocenters. The molecule has 1 heterocycles. The minimum atomic E-state index is -0.542. The Morgan fingerprint density at radius 2 is 1.90 bits per heavy atom. The van der Waals surface area contributed by atoms with Gasteiger partial charge in [0, 0.05) is 32.4 Å². The molecule has 0 radical (unpaired) electrons. The van der Waals surface area contributed by atoms with Crippen molar-refractivity contribution in [2.75, 3.05) is 7.11 Å². The van der Waals surface area contributed by atoms with Gasteiger partial charge in [-0.15, -0.1) is 0 Å². The molecule has 0 N–H and O–H groups in total. The first-order valence-corrected chi connectivity index (χ1v) is 7.40. The molecule has 21 heavy (non-hydrogen) atoms. The number of benzene rings is 1. The quantitative estimate of drug-likeness (QED) is 0.630. The summed E-state index contributed by atoms with van der Waals surface area (Å²) in [6.07, 6.45) is 2.46. The van der Waals surface area contributed by atoms with Gasteiger partial charge in [0.05, 0.1) is 0 Å². The van der Waals surface area contributed by atoms with Gasteiger partial charge in [-0.05, 0) is 43.9 Å². The van der Waals surface area contributed by atoms with Crippen LogP contribution in [0.4, 0.5) is 0 Å². The predicted molar refractivity (Wildman–Crippen MR) is 80.9 cm³/mol. The molecular formula is C17H24O4. The molecule has 2 rings (SSSR count). The number of ether oxygens (including phenoxy) is 3. The number of carbonyl (C=O) groups is 1. The Morgan fingerprint density at radius 1 is 1.24 bits per heavy atom. The molecule has 0 aromatic heterocycles. The Kier molecular flexibility index (Phi) is 4.28. The first-order chi connectivity index (χ1) is 9.85. The van der Waals surface area contributed by atoms with Crippen molar-refractivity contribution in [1.29, 1.82) is 0 Å². The lowest BCUT2D eigenvalue weighted by molar-refractivity contribution is -0.177. The number of rotatable bonds is 3. The first kappa shape index (κ1) is 15.8. The maximum Gasteiger partial charge on any atom is 0.308 e. The van der Waals surface area contributed by atoms with Gasteiger partial charge in [-0.2, -0.15) is 0 Å². The summed E-state index contributed by atoms with van der Waals surface area (Å²) < 4.78 is 17.2. The van der Waals surface area contributed by atoms with Crippen LogP contribution in [0.25, 0.3) is 0 Å². The summed E-state index contributed by atoms with van der Waals surface area (Å²) in [6.45, 7) is 9.44. The summed E-state index contributed by atoms with van der Waals surface area (Å²) in [5.41, 5.74) is 4.07. The molecule has 116 valence electrons. The van der Waals surface area contributed by atoms with Gasteiger partial charge in [-0.3, -0.25) is 4.79 Å². The van der Waals surface area contributed by atoms with Gasteiger partial charge < -0.3 is 14.2 Å². The third kappa shape index (κ3) is 2.64. The molecule has 0 aliphatic carbocycles. The van der Waals surface area contributed by atoms with Crippen molar-refractivity contribution in [3.63, 3.8) is 0 Å². The molecule has 4 nitrogen and oxygen atoms in total. The lowest BCUT2D eigenvalue weighted by atomic mass is 9.90. The fourth-order valence-corrected chi connectivity index (χ4v) is 2.98. The summed E-state index contributed by atoms with van der Waals surface area (Å²) in [6, 6.07) is 0. The molecule has 0 saturated heterocycles. The van der Waals surface area contributed by atoms with Gasteiger partial charge in [0.2, 0.25) is 5.79 Å². The molecule has 1 aliphatic rings. The highest BCUT2D eigenvalue weighted by atomic mass is 16.7. The van der Waals surface area contributed by atoms with Gasteiger partial charge >= 0.3 is 5.97 Å². The van der Waals surface area contributed by atoms with Crippen LogP contribution in [0.2, 0.25) is 0 Å². The minimum Gasteiger partial charge on any atom is -0.462 e. The van der Waals surface area contributed by atoms with E-state index in [1.807, 2.05) is 20.8 Å². The Balaban J connectivity index is 2.56. The van der Waals surface area contributed by atoms with Gasteiger partial charge in [-0.25, -0.2) is 0 Å². The highest BCUT2D eigenvalue weighted by molar-refractivity contribution is 5.72. The maximum absolute atomic E-state index is 11.3. The zero-order valence-corrected chi connectivity index (χ0v) is 13.8. The summed E-state index contributed by atoms with van der Waals surface area (Å²) in [4.78, 5) is 11.3. The molecule has 0 bridgehead atoms. The topological polar surface area (TPSA) is 44.8 Å². The molecule has 0 spiro atoms. The van der Waals surface area contributed by atoms with Crippen molar-refractivity contribution in [2.24, 2.45) is 0 Å². The largest absolute Gasteiger partial charge is 0.462 e. The molecule has 1 aromatic carbocycles. The van der Waals surface area contributed by atoms with E-state index in [1.165, 1.54) is 6.92 Å². The number of esters is 1. The van der Waals surface area contributed by atoms with Crippen molar-refractivity contribution in [2.45, 2.75) is 59.7 Å². The fourth-order valence-electron chi connectivity index (χ4n) is 2.98. The predicted octanol–water partition coefficient (Wildman–Crippen LogP) is 3.61. The minimum absolute atomic E-state index is 0.294. The van der Waals surface area contributed by atoms with Crippen LogP contribution in [0.5, 0.6) is 11.5 Å². The second-order valence-corrected chi connectivity index (χ2v) is 5.68. The molecule has 4 heteroatoms. The Morgan fingerprint density at radius 3 is 2.43 bits per heavy atom. The van der Waals surface area contributed by atoms with E-state index in [9.17, 15) is 4.79 Å². The van der Waals surface area contributed by atoms with Crippen molar-refractivity contribution >= 4 is 5.97 Å². The summed E-state index contributed by atoms with van der Waals surface area (Å²) in [5, 5.41) is 0. The second kappa shape index (κ2) is 5.68. The van der Waals surface area contributed by atoms with Gasteiger partial charge in [0.1, 0.15) is 11.5 Å². The van der Waals surface area contributed by atoms with Crippen molar-refractivity contribution in [1.82, 2.24) is 0 Å². The molecule has 1 aromatic rings.